The Morgan fingerprint density at radius 1 is 0.875 bits per heavy atom. The van der Waals surface area contributed by atoms with Crippen molar-refractivity contribution in [1.82, 2.24) is 20.3 Å². The lowest BCUT2D eigenvalue weighted by Crippen LogP contribution is -2.68. The molecule has 8 rings (SSSR count). The van der Waals surface area contributed by atoms with E-state index in [9.17, 15) is 27.4 Å². The van der Waals surface area contributed by atoms with Crippen LogP contribution in [0.1, 0.15) is 100 Å². The van der Waals surface area contributed by atoms with Crippen LogP contribution in [0.15, 0.2) is 125 Å². The van der Waals surface area contributed by atoms with Gasteiger partial charge in [-0.15, -0.1) is 15.6 Å². The Kier molecular flexibility index (Phi) is 15.3. The van der Waals surface area contributed by atoms with E-state index in [2.05, 4.69) is 20.1 Å². The first-order valence-electron chi connectivity index (χ1n) is 23.8. The van der Waals surface area contributed by atoms with Gasteiger partial charge in [-0.3, -0.25) is 14.1 Å². The molecule has 2 amide bonds. The van der Waals surface area contributed by atoms with Crippen LogP contribution in [0.25, 0.3) is 0 Å². The fourth-order valence-corrected chi connectivity index (χ4v) is 10.5. The number of aliphatic imine (C=N–C) groups is 1. The Morgan fingerprint density at radius 2 is 1.47 bits per heavy atom. The topological polar surface area (TPSA) is 237 Å². The minimum atomic E-state index is -5.01. The quantitative estimate of drug-likeness (QED) is 0.0125. The summed E-state index contributed by atoms with van der Waals surface area (Å²) in [5, 5.41) is 13.6. The van der Waals surface area contributed by atoms with Crippen LogP contribution in [0, 0.1) is 5.92 Å². The first kappa shape index (κ1) is 51.5. The highest BCUT2D eigenvalue weighted by Gasteiger charge is 2.57. The minimum Gasteiger partial charge on any atom is -0.490 e. The van der Waals surface area contributed by atoms with Crippen LogP contribution >= 0.6 is 11.3 Å². The molecular weight excluding hydrogens is 961 g/mol. The molecule has 0 bridgehead atoms. The Labute approximate surface area is 423 Å². The molecule has 72 heavy (non-hydrogen) atoms. The molecule has 380 valence electrons. The number of amides is 2. The molecule has 0 spiro atoms. The molecule has 0 radical (unpaired) electrons. The number of benzene rings is 4. The van der Waals surface area contributed by atoms with E-state index in [0.717, 1.165) is 53.5 Å². The van der Waals surface area contributed by atoms with Gasteiger partial charge < -0.3 is 35.6 Å². The van der Waals surface area contributed by atoms with Crippen molar-refractivity contribution in [1.29, 1.82) is 0 Å². The van der Waals surface area contributed by atoms with Crippen molar-refractivity contribution in [3.05, 3.63) is 148 Å². The van der Waals surface area contributed by atoms with Gasteiger partial charge in [-0.25, -0.2) is 14.8 Å². The fourth-order valence-electron chi connectivity index (χ4n) is 9.29. The van der Waals surface area contributed by atoms with Crippen LogP contribution in [0.3, 0.4) is 0 Å². The molecule has 3 aliphatic rings. The normalized spacial score (nSPS) is 19.2. The van der Waals surface area contributed by atoms with Crippen LogP contribution in [-0.4, -0.2) is 93.8 Å². The molecule has 5 N–H and O–H groups in total. The molecule has 1 aromatic heterocycles. The summed E-state index contributed by atoms with van der Waals surface area (Å²) < 4.78 is 48.3. The number of aromatic nitrogens is 1. The van der Waals surface area contributed by atoms with Gasteiger partial charge in [0.15, 0.2) is 29.2 Å². The maximum Gasteiger partial charge on any atom is 0.418 e. The number of carbonyl (C=O) groups is 3. The molecule has 3 heterocycles. The molecular formula is C52H60N8O10S2. The van der Waals surface area contributed by atoms with E-state index < -0.39 is 57.2 Å². The Morgan fingerprint density at radius 3 is 2.04 bits per heavy atom. The summed E-state index contributed by atoms with van der Waals surface area (Å²) in [5.74, 6) is -1.36. The molecule has 2 fully saturated rings. The standard InChI is InChI=1S/C52H60N8O10S2/c1-50(2,3)69-49(63)55-40-24-22-39(23-25-40)54-47(53)59-31-34-21-26-41(29-35(34)32-59)67-27-28-68-58-45(44(61)30-42-46(62)60(51(42,4)5)70-72(64,65)66)43-33-71-48(56-43)57-52(36-15-9-6-10-16-36,37-17-11-7-12-18-37)38-19-13-8-14-20-38/h6-21,26,29,33,39-40,42H,22-25,27-28,30-32H2,1-5H3,(H2,53,54)(H,55,63)(H,56,57)(H,64,65,66)/b58-45-/t39?,40?,42-/m1/s1. The molecule has 18 nitrogen and oxygen atoms in total. The van der Waals surface area contributed by atoms with Gasteiger partial charge in [-0.2, -0.15) is 13.5 Å². The fraction of sp³-hybridized carbons (Fsp3) is 0.385. The van der Waals surface area contributed by atoms with Gasteiger partial charge in [0.25, 0.3) is 5.91 Å². The zero-order chi connectivity index (χ0) is 51.3. The summed E-state index contributed by atoms with van der Waals surface area (Å²) in [6.07, 6.45) is 2.37. The van der Waals surface area contributed by atoms with Gasteiger partial charge in [-0.1, -0.05) is 102 Å². The van der Waals surface area contributed by atoms with E-state index >= 15 is 0 Å². The summed E-state index contributed by atoms with van der Waals surface area (Å²) in [5.41, 5.74) is 8.75. The number of Topliss-reactive ketones (excluding diaryl/α,β-unsaturated/α-hetero) is 1. The highest BCUT2D eigenvalue weighted by molar-refractivity contribution is 7.80. The van der Waals surface area contributed by atoms with Crippen LogP contribution in [0.2, 0.25) is 0 Å². The van der Waals surface area contributed by atoms with E-state index in [1.54, 1.807) is 5.38 Å². The molecule has 1 atom stereocenters. The maximum absolute atomic E-state index is 14.3. The van der Waals surface area contributed by atoms with Crippen LogP contribution in [0.5, 0.6) is 5.75 Å². The van der Waals surface area contributed by atoms with Crippen molar-refractivity contribution in [2.45, 2.75) is 109 Å². The van der Waals surface area contributed by atoms with Gasteiger partial charge in [0.1, 0.15) is 29.2 Å². The predicted molar refractivity (Wildman–Crippen MR) is 272 cm³/mol. The predicted octanol–water partition coefficient (Wildman–Crippen LogP) is 7.74. The van der Waals surface area contributed by atoms with Gasteiger partial charge in [0, 0.05) is 30.9 Å². The Balaban J connectivity index is 0.949. The molecule has 5 aromatic rings. The van der Waals surface area contributed by atoms with Crippen molar-refractivity contribution in [2.75, 3.05) is 18.5 Å². The van der Waals surface area contributed by atoms with E-state index in [1.165, 1.54) is 25.2 Å². The molecule has 4 aromatic carbocycles. The second-order valence-electron chi connectivity index (χ2n) is 19.5. The highest BCUT2D eigenvalue weighted by Crippen LogP contribution is 2.42. The van der Waals surface area contributed by atoms with Crippen molar-refractivity contribution in [3.8, 4) is 5.75 Å². The number of thiazole rings is 1. The van der Waals surface area contributed by atoms with Gasteiger partial charge in [-0.05, 0) is 100 Å². The SMILES string of the molecule is CC(C)(C)OC(=O)NC1CCC(N=C(N)N2Cc3ccc(OCCO/N=C(\C(=O)C[C@@H]4C(=O)N(OS(=O)(=O)O)C4(C)C)c4csc(NC(c5ccccc5)(c5ccccc5)c5ccccc5)n4)cc3C2)CC1. The molecule has 1 aliphatic carbocycles. The number of guanidine groups is 1. The Bertz CT molecular complexity index is 2810. The number of carbonyl (C=O) groups excluding carboxylic acids is 3. The third kappa shape index (κ3) is 12.1. The summed E-state index contributed by atoms with van der Waals surface area (Å²) >= 11 is 1.26. The van der Waals surface area contributed by atoms with Gasteiger partial charge >= 0.3 is 16.5 Å². The number of nitrogens with two attached hydrogens (primary N) is 1. The summed E-state index contributed by atoms with van der Waals surface area (Å²) in [7, 11) is -5.01. The monoisotopic (exact) mass is 1020 g/mol. The van der Waals surface area contributed by atoms with Crippen molar-refractivity contribution in [3.63, 3.8) is 0 Å². The highest BCUT2D eigenvalue weighted by atomic mass is 32.3. The van der Waals surface area contributed by atoms with E-state index in [-0.39, 0.29) is 36.7 Å². The maximum atomic E-state index is 14.3. The number of ether oxygens (including phenoxy) is 2. The molecule has 2 aliphatic heterocycles. The minimum absolute atomic E-state index is 0.0365. The van der Waals surface area contributed by atoms with Crippen molar-refractivity contribution in [2.24, 2.45) is 21.8 Å². The average Bonchev–Trinajstić information content (AvgIpc) is 4.00. The number of hydrogen-bond donors (Lipinski definition) is 4. The smallest absolute Gasteiger partial charge is 0.418 e. The van der Waals surface area contributed by atoms with E-state index in [1.807, 2.05) is 135 Å². The number of anilines is 1. The largest absolute Gasteiger partial charge is 0.490 e. The molecule has 0 unspecified atom stereocenters. The second kappa shape index (κ2) is 21.5. The number of oxime groups is 1. The number of fused-ring (bicyclic) bond motifs is 1. The number of ketones is 1. The first-order valence-corrected chi connectivity index (χ1v) is 26.0. The zero-order valence-corrected chi connectivity index (χ0v) is 42.5. The zero-order valence-electron chi connectivity index (χ0n) is 40.8. The van der Waals surface area contributed by atoms with E-state index in [0.29, 0.717) is 35.0 Å². The first-order chi connectivity index (χ1) is 34.3. The second-order valence-corrected chi connectivity index (χ2v) is 21.4. The van der Waals surface area contributed by atoms with Gasteiger partial charge in [0.05, 0.1) is 17.5 Å². The number of rotatable bonds is 18. The lowest BCUT2D eigenvalue weighted by atomic mass is 9.74. The number of alkyl carbamates (subject to hydrolysis) is 1. The number of hydrogen-bond acceptors (Lipinski definition) is 14. The van der Waals surface area contributed by atoms with Crippen molar-refractivity contribution >= 4 is 56.3 Å². The molecule has 1 saturated carbocycles. The van der Waals surface area contributed by atoms with Crippen LogP contribution < -0.4 is 21.1 Å². The molecule has 20 heteroatoms. The lowest BCUT2D eigenvalue weighted by Gasteiger charge is -2.50. The van der Waals surface area contributed by atoms with Crippen LogP contribution in [0.4, 0.5) is 9.93 Å². The Hall–Kier alpha value is -6.87. The van der Waals surface area contributed by atoms with Crippen molar-refractivity contribution < 1.29 is 45.9 Å². The number of nitrogens with zero attached hydrogens (tertiary/aromatic N) is 5. The summed E-state index contributed by atoms with van der Waals surface area (Å²) in [6, 6.07) is 35.8. The average molecular weight is 1020 g/mol. The third-order valence-corrected chi connectivity index (χ3v) is 14.0. The third-order valence-electron chi connectivity index (χ3n) is 12.9. The number of nitrogens with one attached hydrogen (secondary N) is 2. The number of hydroxylamine groups is 2. The van der Waals surface area contributed by atoms with Crippen LogP contribution in [-0.2, 0) is 52.5 Å². The van der Waals surface area contributed by atoms with E-state index in [4.69, 9.17) is 30.0 Å². The van der Waals surface area contributed by atoms with Gasteiger partial charge in [0.2, 0.25) is 0 Å². The number of β-lactam (4-membered cyclic amide) rings is 1. The molecule has 1 saturated heterocycles. The summed E-state index contributed by atoms with van der Waals surface area (Å²) in [4.78, 5) is 57.2. The summed E-state index contributed by atoms with van der Waals surface area (Å²) in [6.45, 7) is 9.71. The lowest BCUT2D eigenvalue weighted by molar-refractivity contribution is -0.228.